The molecule has 1 aromatic carbocycles. The molecule has 6 rings (SSSR count). The van der Waals surface area contributed by atoms with E-state index in [0.717, 1.165) is 86.6 Å². The summed E-state index contributed by atoms with van der Waals surface area (Å²) in [6.07, 6.45) is 9.52. The predicted molar refractivity (Wildman–Crippen MR) is 162 cm³/mol. The molecule has 3 aromatic rings. The van der Waals surface area contributed by atoms with E-state index >= 15 is 0 Å². The fraction of sp³-hybridized carbons (Fsp3) is 0.548. The van der Waals surface area contributed by atoms with Gasteiger partial charge < -0.3 is 14.8 Å². The van der Waals surface area contributed by atoms with Gasteiger partial charge >= 0.3 is 0 Å². The predicted octanol–water partition coefficient (Wildman–Crippen LogP) is 6.64. The number of hydrogen-bond donors (Lipinski definition) is 1. The number of rotatable bonds is 6. The van der Waals surface area contributed by atoms with Crippen LogP contribution < -0.4 is 10.9 Å². The fourth-order valence-electron chi connectivity index (χ4n) is 7.16. The van der Waals surface area contributed by atoms with E-state index in [1.54, 1.807) is 30.5 Å². The van der Waals surface area contributed by atoms with Crippen molar-refractivity contribution < 1.29 is 8.42 Å². The third-order valence-corrected chi connectivity index (χ3v) is 12.1. The molecule has 9 heteroatoms. The highest BCUT2D eigenvalue weighted by molar-refractivity contribution is 7.92. The van der Waals surface area contributed by atoms with Crippen LogP contribution in [0.3, 0.4) is 0 Å². The second-order valence-electron chi connectivity index (χ2n) is 12.5. The summed E-state index contributed by atoms with van der Waals surface area (Å²) >= 11 is 6.19. The zero-order chi connectivity index (χ0) is 28.2. The number of halogens is 1. The number of nitrogens with zero attached hydrogens (tertiary/aromatic N) is 3. The van der Waals surface area contributed by atoms with Crippen LogP contribution in [-0.2, 0) is 9.84 Å². The van der Waals surface area contributed by atoms with E-state index in [1.807, 2.05) is 17.6 Å². The Morgan fingerprint density at radius 2 is 1.75 bits per heavy atom. The Hall–Kier alpha value is -2.42. The molecule has 1 N–H and O–H groups in total. The van der Waals surface area contributed by atoms with Gasteiger partial charge in [-0.25, -0.2) is 13.4 Å². The second-order valence-corrected chi connectivity index (χ2v) is 15.2. The number of aromatic nitrogens is 2. The molecule has 0 bridgehead atoms. The summed E-state index contributed by atoms with van der Waals surface area (Å²) in [6, 6.07) is 9.49. The van der Waals surface area contributed by atoms with E-state index < -0.39 is 9.84 Å². The van der Waals surface area contributed by atoms with Crippen molar-refractivity contribution in [1.82, 2.24) is 14.5 Å². The molecule has 1 spiro atoms. The summed E-state index contributed by atoms with van der Waals surface area (Å²) in [5, 5.41) is 4.21. The standard InChI is InChI=1S/C31H39ClN4O3S/c1-20(2)35-12-10-31(11-13-35)17-25(18-31)40(38,39)24-8-9-26(21(3)14-24)34-27-15-22-19-33-29(32)16-28(22)36(30(27)37)23-6-4-5-7-23/h8-9,14-16,19-20,23,25,34H,4-7,10-13,17-18H2,1-3H3. The molecule has 3 fully saturated rings. The fourth-order valence-corrected chi connectivity index (χ4v) is 9.44. The first-order chi connectivity index (χ1) is 19.1. The zero-order valence-corrected chi connectivity index (χ0v) is 25.2. The van der Waals surface area contributed by atoms with Crippen LogP contribution in [0.25, 0.3) is 10.9 Å². The van der Waals surface area contributed by atoms with Crippen molar-refractivity contribution in [1.29, 1.82) is 0 Å². The van der Waals surface area contributed by atoms with Gasteiger partial charge in [0.05, 0.1) is 15.7 Å². The summed E-state index contributed by atoms with van der Waals surface area (Å²) < 4.78 is 29.0. The van der Waals surface area contributed by atoms with Crippen molar-refractivity contribution in [2.75, 3.05) is 18.4 Å². The average molecular weight is 583 g/mol. The van der Waals surface area contributed by atoms with Crippen LogP contribution in [-0.4, -0.2) is 47.3 Å². The van der Waals surface area contributed by atoms with Gasteiger partial charge in [-0.2, -0.15) is 0 Å². The Morgan fingerprint density at radius 3 is 2.40 bits per heavy atom. The lowest BCUT2D eigenvalue weighted by Crippen LogP contribution is -2.52. The molecule has 1 saturated heterocycles. The lowest BCUT2D eigenvalue weighted by Gasteiger charge is -2.52. The molecule has 0 amide bonds. The summed E-state index contributed by atoms with van der Waals surface area (Å²) in [5.74, 6) is 0. The van der Waals surface area contributed by atoms with Crippen molar-refractivity contribution in [3.63, 3.8) is 0 Å². The van der Waals surface area contributed by atoms with Gasteiger partial charge in [0.1, 0.15) is 10.8 Å². The maximum absolute atomic E-state index is 13.7. The van der Waals surface area contributed by atoms with Gasteiger partial charge in [-0.15, -0.1) is 0 Å². The van der Waals surface area contributed by atoms with Crippen LogP contribution >= 0.6 is 11.6 Å². The Bertz CT molecular complexity index is 1590. The number of benzene rings is 1. The number of aryl methyl sites for hydroxylation is 1. The Balaban J connectivity index is 1.23. The SMILES string of the molecule is Cc1cc(S(=O)(=O)C2CC3(CCN(C(C)C)CC3)C2)ccc1Nc1cc2cnc(Cl)cc2n(C2CCCC2)c1=O. The van der Waals surface area contributed by atoms with E-state index in [9.17, 15) is 13.2 Å². The van der Waals surface area contributed by atoms with Gasteiger partial charge in [0.25, 0.3) is 5.56 Å². The van der Waals surface area contributed by atoms with Crippen LogP contribution in [0.5, 0.6) is 0 Å². The van der Waals surface area contributed by atoms with Crippen LogP contribution in [0.1, 0.15) is 76.8 Å². The maximum atomic E-state index is 13.7. The quantitative estimate of drug-likeness (QED) is 0.328. The van der Waals surface area contributed by atoms with Crippen molar-refractivity contribution >= 4 is 43.7 Å². The first kappa shape index (κ1) is 27.7. The third-order valence-electron chi connectivity index (χ3n) is 9.72. The molecule has 2 aliphatic carbocycles. The summed E-state index contributed by atoms with van der Waals surface area (Å²) in [6.45, 7) is 8.47. The molecule has 3 heterocycles. The topological polar surface area (TPSA) is 84.3 Å². The van der Waals surface area contributed by atoms with E-state index in [-0.39, 0.29) is 22.3 Å². The van der Waals surface area contributed by atoms with Gasteiger partial charge in [-0.1, -0.05) is 24.4 Å². The Labute approximate surface area is 241 Å². The van der Waals surface area contributed by atoms with Crippen LogP contribution in [0, 0.1) is 12.3 Å². The lowest BCUT2D eigenvalue weighted by atomic mass is 9.63. The minimum atomic E-state index is -3.41. The van der Waals surface area contributed by atoms with Gasteiger partial charge in [0.15, 0.2) is 9.84 Å². The normalized spacial score (nSPS) is 20.4. The van der Waals surface area contributed by atoms with Crippen molar-refractivity contribution in [2.24, 2.45) is 5.41 Å². The number of likely N-dealkylation sites (tertiary alicyclic amines) is 1. The minimum absolute atomic E-state index is 0.0963. The van der Waals surface area contributed by atoms with E-state index in [1.165, 1.54) is 0 Å². The first-order valence-electron chi connectivity index (χ1n) is 14.6. The Kier molecular flexibility index (Phi) is 7.24. The highest BCUT2D eigenvalue weighted by Crippen LogP contribution is 2.53. The van der Waals surface area contributed by atoms with Gasteiger partial charge in [0.2, 0.25) is 0 Å². The maximum Gasteiger partial charge on any atom is 0.274 e. The minimum Gasteiger partial charge on any atom is -0.351 e. The van der Waals surface area contributed by atoms with Gasteiger partial charge in [-0.05, 0) is 114 Å². The molecule has 214 valence electrons. The summed E-state index contributed by atoms with van der Waals surface area (Å²) in [7, 11) is -3.41. The third kappa shape index (κ3) is 4.96. The smallest absolute Gasteiger partial charge is 0.274 e. The molecule has 2 saturated carbocycles. The molecule has 7 nitrogen and oxygen atoms in total. The highest BCUT2D eigenvalue weighted by atomic mass is 35.5. The van der Waals surface area contributed by atoms with Crippen molar-refractivity contribution in [3.05, 3.63) is 57.6 Å². The summed E-state index contributed by atoms with van der Waals surface area (Å²) in [5.41, 5.74) is 2.86. The molecule has 0 unspecified atom stereocenters. The molecule has 40 heavy (non-hydrogen) atoms. The van der Waals surface area contributed by atoms with Crippen LogP contribution in [0.4, 0.5) is 11.4 Å². The van der Waals surface area contributed by atoms with E-state index in [4.69, 9.17) is 11.6 Å². The lowest BCUT2D eigenvalue weighted by molar-refractivity contribution is 0.0246. The van der Waals surface area contributed by atoms with Gasteiger partial charge in [0, 0.05) is 29.4 Å². The molecule has 3 aliphatic rings. The van der Waals surface area contributed by atoms with Crippen molar-refractivity contribution in [2.45, 2.75) is 94.4 Å². The molecule has 2 aromatic heterocycles. The second kappa shape index (κ2) is 10.4. The number of nitrogens with one attached hydrogen (secondary N) is 1. The largest absolute Gasteiger partial charge is 0.351 e. The number of sulfone groups is 1. The highest BCUT2D eigenvalue weighted by Gasteiger charge is 2.51. The average Bonchev–Trinajstić information content (AvgIpc) is 3.43. The molecule has 1 aliphatic heterocycles. The van der Waals surface area contributed by atoms with E-state index in [2.05, 4.69) is 29.0 Å². The first-order valence-corrected chi connectivity index (χ1v) is 16.6. The Morgan fingerprint density at radius 1 is 1.05 bits per heavy atom. The van der Waals surface area contributed by atoms with Gasteiger partial charge in [-0.3, -0.25) is 4.79 Å². The number of pyridine rings is 2. The van der Waals surface area contributed by atoms with Crippen molar-refractivity contribution in [3.8, 4) is 0 Å². The van der Waals surface area contributed by atoms with E-state index in [0.29, 0.717) is 21.8 Å². The monoisotopic (exact) mass is 582 g/mol. The molecular formula is C31H39ClN4O3S. The number of fused-ring (bicyclic) bond motifs is 1. The molecule has 0 radical (unpaired) electrons. The molecular weight excluding hydrogens is 544 g/mol. The van der Waals surface area contributed by atoms with Crippen LogP contribution in [0.15, 0.2) is 46.2 Å². The number of piperidine rings is 1. The number of hydrogen-bond acceptors (Lipinski definition) is 6. The zero-order valence-electron chi connectivity index (χ0n) is 23.6. The summed E-state index contributed by atoms with van der Waals surface area (Å²) in [4.78, 5) is 20.8. The number of anilines is 2. The molecule has 0 atom stereocenters. The van der Waals surface area contributed by atoms with Crippen LogP contribution in [0.2, 0.25) is 5.15 Å².